The molecule has 2 N–H and O–H groups in total. The van der Waals surface area contributed by atoms with Crippen LogP contribution >= 0.6 is 0 Å². The Bertz CT molecular complexity index is 359. The van der Waals surface area contributed by atoms with E-state index in [0.29, 0.717) is 0 Å². The number of rotatable bonds is 2. The number of hydrogen-bond acceptors (Lipinski definition) is 4. The summed E-state index contributed by atoms with van der Waals surface area (Å²) in [7, 11) is 0. The normalized spacial score (nSPS) is 18.6. The van der Waals surface area contributed by atoms with Crippen LogP contribution in [0, 0.1) is 6.92 Å². The molecule has 4 heteroatoms. The van der Waals surface area contributed by atoms with E-state index in [4.69, 9.17) is 0 Å². The van der Waals surface area contributed by atoms with E-state index < -0.39 is 6.10 Å². The summed E-state index contributed by atoms with van der Waals surface area (Å²) in [6.45, 7) is 7.75. The van der Waals surface area contributed by atoms with Crippen molar-refractivity contribution < 1.29 is 5.11 Å². The maximum absolute atomic E-state index is 9.54. The highest BCUT2D eigenvalue weighted by atomic mass is 16.3. The summed E-state index contributed by atoms with van der Waals surface area (Å²) in [5.74, 6) is 1.02. The fourth-order valence-electron chi connectivity index (χ4n) is 2.07. The molecular weight excluding hydrogens is 202 g/mol. The van der Waals surface area contributed by atoms with Crippen molar-refractivity contribution in [3.05, 3.63) is 23.4 Å². The fraction of sp³-hybridized carbons (Fsp3) is 0.583. The lowest BCUT2D eigenvalue weighted by atomic mass is 10.1. The monoisotopic (exact) mass is 221 g/mol. The molecule has 1 saturated heterocycles. The molecule has 0 spiro atoms. The van der Waals surface area contributed by atoms with Crippen molar-refractivity contribution in [2.24, 2.45) is 0 Å². The van der Waals surface area contributed by atoms with Gasteiger partial charge in [-0.2, -0.15) is 0 Å². The highest BCUT2D eigenvalue weighted by Crippen LogP contribution is 2.20. The van der Waals surface area contributed by atoms with Crippen LogP contribution in [0.3, 0.4) is 0 Å². The lowest BCUT2D eigenvalue weighted by Crippen LogP contribution is -2.43. The van der Waals surface area contributed by atoms with Gasteiger partial charge < -0.3 is 15.3 Å². The summed E-state index contributed by atoms with van der Waals surface area (Å²) in [6, 6.07) is 3.98. The third kappa shape index (κ3) is 2.33. The first kappa shape index (κ1) is 11.4. The van der Waals surface area contributed by atoms with Gasteiger partial charge in [0.05, 0.1) is 6.10 Å². The fourth-order valence-corrected chi connectivity index (χ4v) is 2.07. The lowest BCUT2D eigenvalue weighted by molar-refractivity contribution is 0.198. The Labute approximate surface area is 96.3 Å². The molecule has 1 aromatic heterocycles. The standard InChI is InChI=1S/C12H19N3O/c1-9-11(10(2)16)3-4-12(14-9)15-7-5-13-6-8-15/h3-4,10,13,16H,5-8H2,1-2H3. The van der Waals surface area contributed by atoms with Crippen molar-refractivity contribution in [1.29, 1.82) is 0 Å². The van der Waals surface area contributed by atoms with Gasteiger partial charge >= 0.3 is 0 Å². The molecule has 0 bridgehead atoms. The van der Waals surface area contributed by atoms with E-state index in [9.17, 15) is 5.11 Å². The topological polar surface area (TPSA) is 48.4 Å². The van der Waals surface area contributed by atoms with E-state index in [-0.39, 0.29) is 0 Å². The largest absolute Gasteiger partial charge is 0.389 e. The van der Waals surface area contributed by atoms with Crippen LogP contribution in [-0.4, -0.2) is 36.3 Å². The molecule has 0 aromatic carbocycles. The molecule has 1 aromatic rings. The van der Waals surface area contributed by atoms with E-state index in [0.717, 1.165) is 43.3 Å². The second-order valence-electron chi connectivity index (χ2n) is 4.26. The van der Waals surface area contributed by atoms with Crippen LogP contribution in [0.2, 0.25) is 0 Å². The van der Waals surface area contributed by atoms with Crippen LogP contribution in [0.4, 0.5) is 5.82 Å². The van der Waals surface area contributed by atoms with Crippen molar-refractivity contribution in [3.63, 3.8) is 0 Å². The van der Waals surface area contributed by atoms with Crippen molar-refractivity contribution in [2.75, 3.05) is 31.1 Å². The molecule has 2 rings (SSSR count). The third-order valence-corrected chi connectivity index (χ3v) is 3.00. The highest BCUT2D eigenvalue weighted by molar-refractivity contribution is 5.42. The molecule has 1 unspecified atom stereocenters. The van der Waals surface area contributed by atoms with Crippen LogP contribution in [0.5, 0.6) is 0 Å². The molecule has 0 aliphatic carbocycles. The summed E-state index contributed by atoms with van der Waals surface area (Å²) in [5, 5.41) is 12.9. The van der Waals surface area contributed by atoms with Gasteiger partial charge in [0.1, 0.15) is 5.82 Å². The molecule has 88 valence electrons. The number of aliphatic hydroxyl groups is 1. The minimum atomic E-state index is -0.440. The van der Waals surface area contributed by atoms with Gasteiger partial charge in [0, 0.05) is 37.4 Å². The lowest BCUT2D eigenvalue weighted by Gasteiger charge is -2.29. The predicted octanol–water partition coefficient (Wildman–Crippen LogP) is 0.853. The van der Waals surface area contributed by atoms with Gasteiger partial charge in [-0.1, -0.05) is 6.07 Å². The Morgan fingerprint density at radius 3 is 2.62 bits per heavy atom. The SMILES string of the molecule is Cc1nc(N2CCNCC2)ccc1C(C)O. The van der Waals surface area contributed by atoms with Gasteiger partial charge in [-0.3, -0.25) is 0 Å². The first-order valence-electron chi connectivity index (χ1n) is 5.80. The van der Waals surface area contributed by atoms with E-state index in [1.54, 1.807) is 6.92 Å². The maximum Gasteiger partial charge on any atom is 0.128 e. The van der Waals surface area contributed by atoms with Crippen LogP contribution in [0.25, 0.3) is 0 Å². The minimum absolute atomic E-state index is 0.440. The average Bonchev–Trinajstić information content (AvgIpc) is 2.29. The molecule has 16 heavy (non-hydrogen) atoms. The van der Waals surface area contributed by atoms with Gasteiger partial charge in [-0.05, 0) is 19.9 Å². The number of piperazine rings is 1. The van der Waals surface area contributed by atoms with Crippen molar-refractivity contribution in [3.8, 4) is 0 Å². The molecule has 4 nitrogen and oxygen atoms in total. The summed E-state index contributed by atoms with van der Waals surface area (Å²) in [5.41, 5.74) is 1.84. The molecule has 0 amide bonds. The summed E-state index contributed by atoms with van der Waals surface area (Å²) >= 11 is 0. The Morgan fingerprint density at radius 1 is 1.38 bits per heavy atom. The quantitative estimate of drug-likeness (QED) is 0.777. The number of nitrogens with one attached hydrogen (secondary N) is 1. The minimum Gasteiger partial charge on any atom is -0.389 e. The van der Waals surface area contributed by atoms with Crippen molar-refractivity contribution in [2.45, 2.75) is 20.0 Å². The van der Waals surface area contributed by atoms with Crippen molar-refractivity contribution in [1.82, 2.24) is 10.3 Å². The number of aryl methyl sites for hydroxylation is 1. The Balaban J connectivity index is 2.19. The molecule has 1 aliphatic heterocycles. The smallest absolute Gasteiger partial charge is 0.128 e. The van der Waals surface area contributed by atoms with Gasteiger partial charge in [0.25, 0.3) is 0 Å². The van der Waals surface area contributed by atoms with Gasteiger partial charge in [0.2, 0.25) is 0 Å². The Morgan fingerprint density at radius 2 is 2.06 bits per heavy atom. The van der Waals surface area contributed by atoms with Gasteiger partial charge in [0.15, 0.2) is 0 Å². The molecule has 0 radical (unpaired) electrons. The third-order valence-electron chi connectivity index (χ3n) is 3.00. The predicted molar refractivity (Wildman–Crippen MR) is 64.7 cm³/mol. The van der Waals surface area contributed by atoms with Gasteiger partial charge in [-0.25, -0.2) is 4.98 Å². The van der Waals surface area contributed by atoms with Crippen LogP contribution in [0.1, 0.15) is 24.3 Å². The first-order chi connectivity index (χ1) is 7.68. The number of aliphatic hydroxyl groups excluding tert-OH is 1. The number of aromatic nitrogens is 1. The summed E-state index contributed by atoms with van der Waals surface area (Å²) < 4.78 is 0. The summed E-state index contributed by atoms with van der Waals surface area (Å²) in [4.78, 5) is 6.83. The molecule has 1 fully saturated rings. The van der Waals surface area contributed by atoms with E-state index in [1.807, 2.05) is 19.1 Å². The Hall–Kier alpha value is -1.13. The number of anilines is 1. The number of hydrogen-bond donors (Lipinski definition) is 2. The van der Waals surface area contributed by atoms with Crippen LogP contribution < -0.4 is 10.2 Å². The van der Waals surface area contributed by atoms with Gasteiger partial charge in [-0.15, -0.1) is 0 Å². The number of pyridine rings is 1. The van der Waals surface area contributed by atoms with Crippen molar-refractivity contribution >= 4 is 5.82 Å². The van der Waals surface area contributed by atoms with E-state index in [2.05, 4.69) is 15.2 Å². The first-order valence-corrected chi connectivity index (χ1v) is 5.80. The van der Waals surface area contributed by atoms with E-state index >= 15 is 0 Å². The molecular formula is C12H19N3O. The molecule has 0 saturated carbocycles. The average molecular weight is 221 g/mol. The second-order valence-corrected chi connectivity index (χ2v) is 4.26. The molecule has 1 atom stereocenters. The zero-order valence-electron chi connectivity index (χ0n) is 9.90. The van der Waals surface area contributed by atoms with E-state index in [1.165, 1.54) is 0 Å². The van der Waals surface area contributed by atoms with Crippen LogP contribution in [-0.2, 0) is 0 Å². The molecule has 2 heterocycles. The highest BCUT2D eigenvalue weighted by Gasteiger charge is 2.13. The Kier molecular flexibility index (Phi) is 3.41. The van der Waals surface area contributed by atoms with Crippen LogP contribution in [0.15, 0.2) is 12.1 Å². The zero-order chi connectivity index (χ0) is 11.5. The summed E-state index contributed by atoms with van der Waals surface area (Å²) in [6.07, 6.45) is -0.440. The molecule has 1 aliphatic rings. The maximum atomic E-state index is 9.54. The number of nitrogens with zero attached hydrogens (tertiary/aromatic N) is 2. The second kappa shape index (κ2) is 4.80. The zero-order valence-corrected chi connectivity index (χ0v) is 9.90.